The quantitative estimate of drug-likeness (QED) is 0.802. The van der Waals surface area contributed by atoms with E-state index >= 15 is 0 Å². The number of Topliss-reactive ketones (excluding diaryl/α,β-unsaturated/α-hetero) is 1. The van der Waals surface area contributed by atoms with Crippen molar-refractivity contribution in [3.63, 3.8) is 0 Å². The summed E-state index contributed by atoms with van der Waals surface area (Å²) in [6.45, 7) is 2.61. The van der Waals surface area contributed by atoms with E-state index < -0.39 is 11.6 Å². The van der Waals surface area contributed by atoms with Crippen LogP contribution in [0.2, 0.25) is 0 Å². The summed E-state index contributed by atoms with van der Waals surface area (Å²) < 4.78 is 27.0. The molecule has 0 radical (unpaired) electrons. The second-order valence-corrected chi connectivity index (χ2v) is 5.31. The fourth-order valence-corrected chi connectivity index (χ4v) is 2.72. The van der Waals surface area contributed by atoms with E-state index in [1.54, 1.807) is 6.07 Å². The van der Waals surface area contributed by atoms with Crippen molar-refractivity contribution in [3.8, 4) is 0 Å². The van der Waals surface area contributed by atoms with Crippen molar-refractivity contribution in [3.05, 3.63) is 64.7 Å². The molecule has 108 valence electrons. The molecule has 3 rings (SSSR count). The van der Waals surface area contributed by atoms with Crippen LogP contribution in [0.1, 0.15) is 28.4 Å². The monoisotopic (exact) mass is 287 g/mol. The molecular formula is C17H15F2NO. The molecule has 0 amide bonds. The van der Waals surface area contributed by atoms with Crippen LogP contribution in [0.3, 0.4) is 0 Å². The number of rotatable bonds is 3. The third kappa shape index (κ3) is 2.66. The number of benzene rings is 2. The van der Waals surface area contributed by atoms with Crippen LogP contribution in [-0.4, -0.2) is 12.3 Å². The maximum atomic E-state index is 13.7. The van der Waals surface area contributed by atoms with Gasteiger partial charge in [-0.3, -0.25) is 4.79 Å². The molecule has 0 fully saturated rings. The van der Waals surface area contributed by atoms with Crippen LogP contribution in [0.25, 0.3) is 0 Å². The Morgan fingerprint density at radius 1 is 1.19 bits per heavy atom. The number of nitrogens with zero attached hydrogens (tertiary/aromatic N) is 1. The minimum Gasteiger partial charge on any atom is -0.367 e. The van der Waals surface area contributed by atoms with E-state index in [9.17, 15) is 13.6 Å². The second-order valence-electron chi connectivity index (χ2n) is 5.31. The Labute approximate surface area is 122 Å². The average molecular weight is 287 g/mol. The predicted octanol–water partition coefficient (Wildman–Crippen LogP) is 3.73. The normalized spacial score (nSPS) is 13.4. The zero-order valence-corrected chi connectivity index (χ0v) is 11.7. The Kier molecular flexibility index (Phi) is 3.45. The van der Waals surface area contributed by atoms with Gasteiger partial charge >= 0.3 is 0 Å². The third-order valence-corrected chi connectivity index (χ3v) is 3.85. The van der Waals surface area contributed by atoms with Crippen molar-refractivity contribution in [2.75, 3.05) is 11.4 Å². The third-order valence-electron chi connectivity index (χ3n) is 3.85. The SMILES string of the molecule is CC(=O)c1ccc2c(c1)CCN2Cc1cc(F)ccc1F. The minimum atomic E-state index is -0.433. The van der Waals surface area contributed by atoms with Crippen LogP contribution < -0.4 is 4.90 Å². The van der Waals surface area contributed by atoms with Gasteiger partial charge in [-0.15, -0.1) is 0 Å². The summed E-state index contributed by atoms with van der Waals surface area (Å²) in [6, 6.07) is 9.06. The fraction of sp³-hybridized carbons (Fsp3) is 0.235. The van der Waals surface area contributed by atoms with Gasteiger partial charge in [-0.25, -0.2) is 8.78 Å². The molecule has 4 heteroatoms. The second kappa shape index (κ2) is 5.28. The standard InChI is InChI=1S/C17H15F2NO/c1-11(21)12-2-5-17-13(8-12)6-7-20(17)10-14-9-15(18)3-4-16(14)19/h2-5,8-9H,6-7,10H2,1H3. The summed E-state index contributed by atoms with van der Waals surface area (Å²) in [6.07, 6.45) is 0.813. The molecule has 21 heavy (non-hydrogen) atoms. The Morgan fingerprint density at radius 3 is 2.76 bits per heavy atom. The van der Waals surface area contributed by atoms with Crippen molar-refractivity contribution in [1.29, 1.82) is 0 Å². The lowest BCUT2D eigenvalue weighted by molar-refractivity contribution is 0.101. The van der Waals surface area contributed by atoms with Crippen molar-refractivity contribution >= 4 is 11.5 Å². The van der Waals surface area contributed by atoms with Gasteiger partial charge in [0.1, 0.15) is 11.6 Å². The summed E-state index contributed by atoms with van der Waals surface area (Å²) in [4.78, 5) is 13.4. The van der Waals surface area contributed by atoms with Crippen LogP contribution in [-0.2, 0) is 13.0 Å². The van der Waals surface area contributed by atoms with Gasteiger partial charge in [-0.1, -0.05) is 0 Å². The van der Waals surface area contributed by atoms with E-state index in [4.69, 9.17) is 0 Å². The predicted molar refractivity (Wildman–Crippen MR) is 77.6 cm³/mol. The van der Waals surface area contributed by atoms with Gasteiger partial charge in [0.25, 0.3) is 0 Å². The Hall–Kier alpha value is -2.23. The first-order chi connectivity index (χ1) is 10.0. The molecule has 2 nitrogen and oxygen atoms in total. The van der Waals surface area contributed by atoms with Gasteiger partial charge in [0, 0.05) is 29.9 Å². The summed E-state index contributed by atoms with van der Waals surface area (Å²) >= 11 is 0. The maximum absolute atomic E-state index is 13.7. The molecule has 0 aromatic heterocycles. The van der Waals surface area contributed by atoms with Crippen LogP contribution in [0, 0.1) is 11.6 Å². The number of halogens is 2. The highest BCUT2D eigenvalue weighted by molar-refractivity contribution is 5.94. The van der Waals surface area contributed by atoms with Gasteiger partial charge in [0.05, 0.1) is 0 Å². The van der Waals surface area contributed by atoms with Crippen molar-refractivity contribution in [2.45, 2.75) is 19.9 Å². The van der Waals surface area contributed by atoms with E-state index in [0.717, 1.165) is 36.3 Å². The van der Waals surface area contributed by atoms with Crippen LogP contribution in [0.15, 0.2) is 36.4 Å². The van der Waals surface area contributed by atoms with Crippen molar-refractivity contribution in [2.24, 2.45) is 0 Å². The number of hydrogen-bond donors (Lipinski definition) is 0. The van der Waals surface area contributed by atoms with Crippen molar-refractivity contribution < 1.29 is 13.6 Å². The molecule has 2 aromatic rings. The van der Waals surface area contributed by atoms with Crippen LogP contribution in [0.5, 0.6) is 0 Å². The fourth-order valence-electron chi connectivity index (χ4n) is 2.72. The molecule has 1 heterocycles. The minimum absolute atomic E-state index is 0.0347. The molecule has 2 aromatic carbocycles. The molecule has 1 aliphatic heterocycles. The van der Waals surface area contributed by atoms with Crippen LogP contribution in [0.4, 0.5) is 14.5 Å². The first kappa shape index (κ1) is 13.7. The van der Waals surface area contributed by atoms with E-state index in [1.807, 2.05) is 17.0 Å². The zero-order valence-electron chi connectivity index (χ0n) is 11.7. The highest BCUT2D eigenvalue weighted by Crippen LogP contribution is 2.30. The molecule has 0 atom stereocenters. The number of carbonyl (C=O) groups excluding carboxylic acids is 1. The molecule has 0 bridgehead atoms. The largest absolute Gasteiger partial charge is 0.367 e. The molecular weight excluding hydrogens is 272 g/mol. The lowest BCUT2D eigenvalue weighted by Crippen LogP contribution is -2.20. The summed E-state index contributed by atoms with van der Waals surface area (Å²) in [5, 5.41) is 0. The van der Waals surface area contributed by atoms with E-state index in [2.05, 4.69) is 0 Å². The number of fused-ring (bicyclic) bond motifs is 1. The van der Waals surface area contributed by atoms with Crippen molar-refractivity contribution in [1.82, 2.24) is 0 Å². The smallest absolute Gasteiger partial charge is 0.159 e. The zero-order chi connectivity index (χ0) is 15.0. The van der Waals surface area contributed by atoms with E-state index in [-0.39, 0.29) is 5.78 Å². The average Bonchev–Trinajstić information content (AvgIpc) is 2.85. The Morgan fingerprint density at radius 2 is 2.00 bits per heavy atom. The Balaban J connectivity index is 1.88. The summed E-state index contributed by atoms with van der Waals surface area (Å²) in [5.41, 5.74) is 3.11. The van der Waals surface area contributed by atoms with Gasteiger partial charge in [-0.05, 0) is 55.3 Å². The van der Waals surface area contributed by atoms with Crippen LogP contribution >= 0.6 is 0 Å². The summed E-state index contributed by atoms with van der Waals surface area (Å²) in [5.74, 6) is -0.796. The van der Waals surface area contributed by atoms with Gasteiger partial charge < -0.3 is 4.90 Å². The summed E-state index contributed by atoms with van der Waals surface area (Å²) in [7, 11) is 0. The van der Waals surface area contributed by atoms with E-state index in [0.29, 0.717) is 17.7 Å². The van der Waals surface area contributed by atoms with Gasteiger partial charge in [0.2, 0.25) is 0 Å². The first-order valence-corrected chi connectivity index (χ1v) is 6.87. The Bertz CT molecular complexity index is 712. The lowest BCUT2D eigenvalue weighted by atomic mass is 10.1. The number of anilines is 1. The molecule has 0 spiro atoms. The molecule has 0 saturated heterocycles. The number of hydrogen-bond acceptors (Lipinski definition) is 2. The highest BCUT2D eigenvalue weighted by Gasteiger charge is 2.21. The molecule has 0 aliphatic carbocycles. The van der Waals surface area contributed by atoms with Gasteiger partial charge in [-0.2, -0.15) is 0 Å². The molecule has 0 saturated carbocycles. The number of carbonyl (C=O) groups is 1. The molecule has 0 N–H and O–H groups in total. The van der Waals surface area contributed by atoms with E-state index in [1.165, 1.54) is 13.0 Å². The maximum Gasteiger partial charge on any atom is 0.159 e. The van der Waals surface area contributed by atoms with Gasteiger partial charge in [0.15, 0.2) is 5.78 Å². The molecule has 1 aliphatic rings. The lowest BCUT2D eigenvalue weighted by Gasteiger charge is -2.20. The topological polar surface area (TPSA) is 20.3 Å². The molecule has 0 unspecified atom stereocenters. The first-order valence-electron chi connectivity index (χ1n) is 6.87. The number of ketones is 1. The highest BCUT2D eigenvalue weighted by atomic mass is 19.1.